The number of ether oxygens (including phenoxy) is 1. The lowest BCUT2D eigenvalue weighted by Gasteiger charge is -2.12. The summed E-state index contributed by atoms with van der Waals surface area (Å²) in [6.45, 7) is -0.0934. The molecular formula is C10H13FN2O2. The molecule has 0 saturated carbocycles. The fraction of sp³-hybridized carbons (Fsp3) is 0.300. The first-order valence-corrected chi connectivity index (χ1v) is 4.43. The van der Waals surface area contributed by atoms with E-state index in [1.54, 1.807) is 14.1 Å². The summed E-state index contributed by atoms with van der Waals surface area (Å²) < 4.78 is 17.6. The number of hydrazine groups is 1. The molecule has 0 aliphatic heterocycles. The first-order chi connectivity index (χ1) is 7.08. The van der Waals surface area contributed by atoms with Gasteiger partial charge in [0.1, 0.15) is 11.6 Å². The van der Waals surface area contributed by atoms with E-state index in [2.05, 4.69) is 5.43 Å². The zero-order chi connectivity index (χ0) is 11.3. The molecule has 0 fully saturated rings. The Bertz CT molecular complexity index is 325. The summed E-state index contributed by atoms with van der Waals surface area (Å²) in [5, 5.41) is 1.52. The molecule has 0 spiro atoms. The molecule has 0 aromatic heterocycles. The van der Waals surface area contributed by atoms with E-state index in [0.717, 1.165) is 0 Å². The van der Waals surface area contributed by atoms with Gasteiger partial charge in [-0.2, -0.15) is 0 Å². The molecule has 1 aromatic rings. The second-order valence-corrected chi connectivity index (χ2v) is 3.17. The maximum Gasteiger partial charge on any atom is 0.272 e. The molecule has 0 bridgehead atoms. The average molecular weight is 212 g/mol. The van der Waals surface area contributed by atoms with Crippen molar-refractivity contribution in [3.8, 4) is 5.75 Å². The number of carbonyl (C=O) groups excluding carboxylic acids is 1. The van der Waals surface area contributed by atoms with E-state index in [1.165, 1.54) is 29.3 Å². The average Bonchev–Trinajstić information content (AvgIpc) is 2.16. The number of nitrogens with one attached hydrogen (secondary N) is 1. The lowest BCUT2D eigenvalue weighted by molar-refractivity contribution is -0.126. The van der Waals surface area contributed by atoms with Crippen molar-refractivity contribution < 1.29 is 13.9 Å². The quantitative estimate of drug-likeness (QED) is 0.750. The number of benzene rings is 1. The van der Waals surface area contributed by atoms with E-state index < -0.39 is 0 Å². The first-order valence-electron chi connectivity index (χ1n) is 4.43. The second kappa shape index (κ2) is 5.31. The van der Waals surface area contributed by atoms with Gasteiger partial charge in [0.15, 0.2) is 6.61 Å². The van der Waals surface area contributed by atoms with Gasteiger partial charge in [0, 0.05) is 14.1 Å². The van der Waals surface area contributed by atoms with Crippen molar-refractivity contribution in [3.05, 3.63) is 30.1 Å². The number of carbonyl (C=O) groups is 1. The van der Waals surface area contributed by atoms with Crippen LogP contribution < -0.4 is 10.2 Å². The van der Waals surface area contributed by atoms with Crippen LogP contribution in [0.5, 0.6) is 5.75 Å². The normalized spacial score (nSPS) is 10.1. The lowest BCUT2D eigenvalue weighted by Crippen LogP contribution is -2.39. The number of hydrogen-bond acceptors (Lipinski definition) is 3. The first kappa shape index (κ1) is 11.5. The summed E-state index contributed by atoms with van der Waals surface area (Å²) >= 11 is 0. The molecule has 1 amide bonds. The van der Waals surface area contributed by atoms with Crippen LogP contribution in [0.1, 0.15) is 0 Å². The summed E-state index contributed by atoms with van der Waals surface area (Å²) in [4.78, 5) is 11.1. The van der Waals surface area contributed by atoms with Crippen molar-refractivity contribution in [1.82, 2.24) is 10.4 Å². The third-order valence-corrected chi connectivity index (χ3v) is 1.53. The lowest BCUT2D eigenvalue weighted by atomic mass is 10.3. The van der Waals surface area contributed by atoms with E-state index in [1.807, 2.05) is 0 Å². The Kier molecular flexibility index (Phi) is 4.05. The van der Waals surface area contributed by atoms with Crippen LogP contribution in [-0.2, 0) is 4.79 Å². The van der Waals surface area contributed by atoms with Crippen LogP contribution in [0, 0.1) is 5.82 Å². The van der Waals surface area contributed by atoms with Crippen LogP contribution in [-0.4, -0.2) is 31.6 Å². The number of nitrogens with zero attached hydrogens (tertiary/aromatic N) is 1. The largest absolute Gasteiger partial charge is 0.484 e. The third-order valence-electron chi connectivity index (χ3n) is 1.53. The molecule has 0 saturated heterocycles. The van der Waals surface area contributed by atoms with E-state index in [-0.39, 0.29) is 18.3 Å². The van der Waals surface area contributed by atoms with Crippen LogP contribution in [0.2, 0.25) is 0 Å². The Morgan fingerprint density at radius 2 is 2.00 bits per heavy atom. The standard InChI is InChI=1S/C10H13FN2O2/c1-13(2)12-10(14)7-15-9-5-3-8(11)4-6-9/h3-6H,7H2,1-2H3,(H,12,14). The van der Waals surface area contributed by atoms with Crippen LogP contribution in [0.25, 0.3) is 0 Å². The van der Waals surface area contributed by atoms with Gasteiger partial charge < -0.3 is 4.74 Å². The maximum absolute atomic E-state index is 12.5. The molecule has 0 radical (unpaired) electrons. The van der Waals surface area contributed by atoms with Crippen molar-refractivity contribution in [3.63, 3.8) is 0 Å². The van der Waals surface area contributed by atoms with E-state index in [9.17, 15) is 9.18 Å². The molecule has 0 heterocycles. The molecule has 0 aliphatic rings. The SMILES string of the molecule is CN(C)NC(=O)COc1ccc(F)cc1. The van der Waals surface area contributed by atoms with Crippen LogP contribution in [0.3, 0.4) is 0 Å². The molecule has 15 heavy (non-hydrogen) atoms. The summed E-state index contributed by atoms with van der Waals surface area (Å²) in [7, 11) is 3.41. The maximum atomic E-state index is 12.5. The van der Waals surface area contributed by atoms with Crippen molar-refractivity contribution in [2.24, 2.45) is 0 Å². The Balaban J connectivity index is 2.37. The molecule has 0 unspecified atom stereocenters. The molecule has 0 atom stereocenters. The number of halogens is 1. The van der Waals surface area contributed by atoms with E-state index >= 15 is 0 Å². The molecule has 1 aromatic carbocycles. The Morgan fingerprint density at radius 3 is 2.53 bits per heavy atom. The smallest absolute Gasteiger partial charge is 0.272 e. The zero-order valence-corrected chi connectivity index (χ0v) is 8.66. The minimum atomic E-state index is -0.333. The fourth-order valence-corrected chi connectivity index (χ4v) is 0.961. The molecular weight excluding hydrogens is 199 g/mol. The molecule has 82 valence electrons. The highest BCUT2D eigenvalue weighted by Crippen LogP contribution is 2.10. The van der Waals surface area contributed by atoms with Gasteiger partial charge in [-0.05, 0) is 24.3 Å². The predicted octanol–water partition coefficient (Wildman–Crippen LogP) is 0.797. The van der Waals surface area contributed by atoms with Gasteiger partial charge in [-0.3, -0.25) is 10.2 Å². The number of amides is 1. The van der Waals surface area contributed by atoms with Gasteiger partial charge in [-0.25, -0.2) is 9.40 Å². The molecule has 0 aliphatic carbocycles. The van der Waals surface area contributed by atoms with Crippen molar-refractivity contribution in [2.45, 2.75) is 0 Å². The Labute approximate surface area is 87.6 Å². The molecule has 1 N–H and O–H groups in total. The second-order valence-electron chi connectivity index (χ2n) is 3.17. The van der Waals surface area contributed by atoms with E-state index in [4.69, 9.17) is 4.74 Å². The number of hydrogen-bond donors (Lipinski definition) is 1. The van der Waals surface area contributed by atoms with E-state index in [0.29, 0.717) is 5.75 Å². The van der Waals surface area contributed by atoms with Crippen molar-refractivity contribution in [2.75, 3.05) is 20.7 Å². The summed E-state index contributed by atoms with van der Waals surface area (Å²) in [5.41, 5.74) is 2.52. The number of rotatable bonds is 4. The molecule has 1 rings (SSSR count). The van der Waals surface area contributed by atoms with Gasteiger partial charge in [-0.1, -0.05) is 0 Å². The molecule has 4 nitrogen and oxygen atoms in total. The highest BCUT2D eigenvalue weighted by Gasteiger charge is 2.02. The predicted molar refractivity (Wildman–Crippen MR) is 53.7 cm³/mol. The summed E-state index contributed by atoms with van der Waals surface area (Å²) in [6, 6.07) is 5.49. The Hall–Kier alpha value is -1.62. The van der Waals surface area contributed by atoms with Crippen LogP contribution >= 0.6 is 0 Å². The van der Waals surface area contributed by atoms with Crippen molar-refractivity contribution >= 4 is 5.91 Å². The Morgan fingerprint density at radius 1 is 1.40 bits per heavy atom. The summed E-state index contributed by atoms with van der Waals surface area (Å²) in [5.74, 6) is -0.130. The van der Waals surface area contributed by atoms with Gasteiger partial charge in [0.25, 0.3) is 5.91 Å². The fourth-order valence-electron chi connectivity index (χ4n) is 0.961. The molecule has 5 heteroatoms. The van der Waals surface area contributed by atoms with Crippen LogP contribution in [0.4, 0.5) is 4.39 Å². The van der Waals surface area contributed by atoms with Crippen molar-refractivity contribution in [1.29, 1.82) is 0 Å². The topological polar surface area (TPSA) is 41.6 Å². The monoisotopic (exact) mass is 212 g/mol. The zero-order valence-electron chi connectivity index (χ0n) is 8.66. The van der Waals surface area contributed by atoms with Gasteiger partial charge in [0.05, 0.1) is 0 Å². The van der Waals surface area contributed by atoms with Gasteiger partial charge in [0.2, 0.25) is 0 Å². The third kappa shape index (κ3) is 4.42. The summed E-state index contributed by atoms with van der Waals surface area (Å²) in [6.07, 6.45) is 0. The highest BCUT2D eigenvalue weighted by molar-refractivity contribution is 5.76. The van der Waals surface area contributed by atoms with Gasteiger partial charge in [-0.15, -0.1) is 0 Å². The van der Waals surface area contributed by atoms with Gasteiger partial charge >= 0.3 is 0 Å². The highest BCUT2D eigenvalue weighted by atomic mass is 19.1. The minimum Gasteiger partial charge on any atom is -0.484 e. The minimum absolute atomic E-state index is 0.0934. The van der Waals surface area contributed by atoms with Crippen LogP contribution in [0.15, 0.2) is 24.3 Å².